The van der Waals surface area contributed by atoms with Crippen LogP contribution in [0.3, 0.4) is 0 Å². The minimum absolute atomic E-state index is 0.0118. The van der Waals surface area contributed by atoms with Crippen LogP contribution >= 0.6 is 23.4 Å². The number of nitrogens with one attached hydrogen (secondary N) is 1. The number of nitrogens with zero attached hydrogens (tertiary/aromatic N) is 2. The predicted molar refractivity (Wildman–Crippen MR) is 194 cm³/mol. The second-order valence-corrected chi connectivity index (χ2v) is 15.4. The van der Waals surface area contributed by atoms with E-state index in [2.05, 4.69) is 5.32 Å². The van der Waals surface area contributed by atoms with Gasteiger partial charge in [-0.2, -0.15) is 0 Å². The van der Waals surface area contributed by atoms with Crippen LogP contribution in [-0.4, -0.2) is 56.1 Å². The summed E-state index contributed by atoms with van der Waals surface area (Å²) < 4.78 is 35.8. The van der Waals surface area contributed by atoms with Gasteiger partial charge in [-0.25, -0.2) is 8.42 Å². The third-order valence-corrected chi connectivity index (χ3v) is 10.1. The first-order chi connectivity index (χ1) is 22.8. The van der Waals surface area contributed by atoms with E-state index < -0.39 is 34.1 Å². The fourth-order valence-corrected chi connectivity index (χ4v) is 7.21. The minimum atomic E-state index is -4.29. The van der Waals surface area contributed by atoms with Crippen molar-refractivity contribution in [1.82, 2.24) is 10.2 Å². The van der Waals surface area contributed by atoms with Crippen LogP contribution in [0.1, 0.15) is 38.8 Å². The molecule has 4 aromatic rings. The summed E-state index contributed by atoms with van der Waals surface area (Å²) in [6, 6.07) is 28.7. The zero-order valence-electron chi connectivity index (χ0n) is 27.9. The molecule has 1 N–H and O–H groups in total. The van der Waals surface area contributed by atoms with Gasteiger partial charge < -0.3 is 15.0 Å². The van der Waals surface area contributed by atoms with Crippen molar-refractivity contribution in [2.45, 2.75) is 62.0 Å². The van der Waals surface area contributed by atoms with E-state index in [-0.39, 0.29) is 36.1 Å². The molecule has 0 bridgehead atoms. The first-order valence-corrected chi connectivity index (χ1v) is 18.6. The molecule has 254 valence electrons. The van der Waals surface area contributed by atoms with E-state index in [1.165, 1.54) is 28.8 Å². The van der Waals surface area contributed by atoms with Crippen molar-refractivity contribution in [3.8, 4) is 5.75 Å². The van der Waals surface area contributed by atoms with E-state index in [1.54, 1.807) is 61.5 Å². The molecule has 4 aromatic carbocycles. The van der Waals surface area contributed by atoms with Crippen LogP contribution in [0.25, 0.3) is 0 Å². The first kappa shape index (κ1) is 36.8. The van der Waals surface area contributed by atoms with E-state index in [0.717, 1.165) is 14.8 Å². The largest absolute Gasteiger partial charge is 0.492 e. The maximum atomic E-state index is 14.7. The number of ether oxygens (including phenoxy) is 1. The molecule has 0 aliphatic rings. The second-order valence-electron chi connectivity index (χ2n) is 12.2. The SMILES string of the molecule is CCOc1ccccc1N(CC(=O)N(Cc1cccc(Cl)c1)[C@@H](Cc1ccccc1)C(=O)NC(C)(C)C)S(=O)(=O)c1ccc(SC)cc1. The van der Waals surface area contributed by atoms with Gasteiger partial charge in [-0.3, -0.25) is 13.9 Å². The van der Waals surface area contributed by atoms with Crippen LogP contribution in [0.5, 0.6) is 5.75 Å². The number of para-hydroxylation sites is 2. The summed E-state index contributed by atoms with van der Waals surface area (Å²) in [5.74, 6) is -0.626. The summed E-state index contributed by atoms with van der Waals surface area (Å²) in [6.07, 6.45) is 2.11. The molecule has 1 atom stereocenters. The van der Waals surface area contributed by atoms with Crippen LogP contribution in [0, 0.1) is 0 Å². The number of sulfonamides is 1. The van der Waals surface area contributed by atoms with Crippen LogP contribution < -0.4 is 14.4 Å². The number of thioether (sulfide) groups is 1. The highest BCUT2D eigenvalue weighted by atomic mass is 35.5. The number of carbonyl (C=O) groups is 2. The highest BCUT2D eigenvalue weighted by Gasteiger charge is 2.36. The second kappa shape index (κ2) is 16.4. The standard InChI is InChI=1S/C37H42ClN3O5S2/c1-6-46-34-18-11-10-17-32(34)41(48(44,45)31-21-19-30(47-5)20-22-31)26-35(42)40(25-28-15-12-16-29(38)23-28)33(36(43)39-37(2,3)4)24-27-13-8-7-9-14-27/h7-23,33H,6,24-26H2,1-5H3,(H,39,43)/t33-/m0/s1. The van der Waals surface area contributed by atoms with E-state index in [4.69, 9.17) is 16.3 Å². The van der Waals surface area contributed by atoms with Gasteiger partial charge >= 0.3 is 0 Å². The smallest absolute Gasteiger partial charge is 0.264 e. The summed E-state index contributed by atoms with van der Waals surface area (Å²) in [5, 5.41) is 3.51. The zero-order valence-corrected chi connectivity index (χ0v) is 30.2. The van der Waals surface area contributed by atoms with Crippen LogP contribution in [0.2, 0.25) is 5.02 Å². The zero-order chi connectivity index (χ0) is 34.9. The number of hydrogen-bond donors (Lipinski definition) is 1. The van der Waals surface area contributed by atoms with Crippen LogP contribution in [0.15, 0.2) is 113 Å². The van der Waals surface area contributed by atoms with Crippen molar-refractivity contribution in [2.75, 3.05) is 23.7 Å². The summed E-state index contributed by atoms with van der Waals surface area (Å²) in [7, 11) is -4.29. The van der Waals surface area contributed by atoms with E-state index >= 15 is 0 Å². The Morgan fingerprint density at radius 2 is 1.54 bits per heavy atom. The number of benzene rings is 4. The molecular formula is C37H42ClN3O5S2. The number of hydrogen-bond acceptors (Lipinski definition) is 6. The fourth-order valence-electron chi connectivity index (χ4n) is 5.17. The van der Waals surface area contributed by atoms with Gasteiger partial charge in [0, 0.05) is 28.4 Å². The van der Waals surface area contributed by atoms with E-state index in [0.29, 0.717) is 16.3 Å². The predicted octanol–water partition coefficient (Wildman–Crippen LogP) is 7.21. The maximum absolute atomic E-state index is 14.7. The molecule has 8 nitrogen and oxygen atoms in total. The molecule has 0 aliphatic carbocycles. The lowest BCUT2D eigenvalue weighted by Gasteiger charge is -2.35. The lowest BCUT2D eigenvalue weighted by atomic mass is 10.0. The Balaban J connectivity index is 1.86. The summed E-state index contributed by atoms with van der Waals surface area (Å²) in [5.41, 5.74) is 1.15. The van der Waals surface area contributed by atoms with Gasteiger partial charge in [-0.15, -0.1) is 11.8 Å². The molecule has 48 heavy (non-hydrogen) atoms. The Bertz CT molecular complexity index is 1800. The van der Waals surface area contributed by atoms with Crippen LogP contribution in [0.4, 0.5) is 5.69 Å². The number of rotatable bonds is 14. The van der Waals surface area contributed by atoms with Gasteiger partial charge in [0.1, 0.15) is 18.3 Å². The van der Waals surface area contributed by atoms with E-state index in [9.17, 15) is 18.0 Å². The third kappa shape index (κ3) is 9.78. The molecule has 0 aromatic heterocycles. The van der Waals surface area contributed by atoms with Crippen molar-refractivity contribution >= 4 is 50.9 Å². The van der Waals surface area contributed by atoms with Gasteiger partial charge in [-0.05, 0) is 93.6 Å². The molecule has 0 unspecified atom stereocenters. The Kier molecular flexibility index (Phi) is 12.6. The number of carbonyl (C=O) groups excluding carboxylic acids is 2. The van der Waals surface area contributed by atoms with Crippen molar-refractivity contribution in [1.29, 1.82) is 0 Å². The van der Waals surface area contributed by atoms with E-state index in [1.807, 2.05) is 63.4 Å². The number of anilines is 1. The Labute approximate surface area is 293 Å². The van der Waals surface area contributed by atoms with Gasteiger partial charge in [0.2, 0.25) is 11.8 Å². The molecule has 11 heteroatoms. The molecule has 0 radical (unpaired) electrons. The average Bonchev–Trinajstić information content (AvgIpc) is 3.05. The molecule has 0 spiro atoms. The van der Waals surface area contributed by atoms with Gasteiger partial charge in [0.15, 0.2) is 0 Å². The molecule has 0 aliphatic heterocycles. The fraction of sp³-hybridized carbons (Fsp3) is 0.297. The van der Waals surface area contributed by atoms with Gasteiger partial charge in [0.05, 0.1) is 17.2 Å². The van der Waals surface area contributed by atoms with Gasteiger partial charge in [0.25, 0.3) is 10.0 Å². The molecular weight excluding hydrogens is 666 g/mol. The third-order valence-electron chi connectivity index (χ3n) is 7.37. The normalized spacial score (nSPS) is 12.2. The highest BCUT2D eigenvalue weighted by Crippen LogP contribution is 2.33. The summed E-state index contributed by atoms with van der Waals surface area (Å²) >= 11 is 7.83. The number of halogens is 1. The highest BCUT2D eigenvalue weighted by molar-refractivity contribution is 7.98. The van der Waals surface area contributed by atoms with Crippen molar-refractivity contribution in [2.24, 2.45) is 0 Å². The quantitative estimate of drug-likeness (QED) is 0.139. The Morgan fingerprint density at radius 1 is 0.896 bits per heavy atom. The average molecular weight is 708 g/mol. The lowest BCUT2D eigenvalue weighted by molar-refractivity contribution is -0.140. The molecule has 0 fully saturated rings. The van der Waals surface area contributed by atoms with Gasteiger partial charge in [-0.1, -0.05) is 66.2 Å². The molecule has 2 amide bonds. The number of amides is 2. The van der Waals surface area contributed by atoms with Crippen molar-refractivity contribution in [3.63, 3.8) is 0 Å². The van der Waals surface area contributed by atoms with Crippen LogP contribution in [-0.2, 0) is 32.6 Å². The summed E-state index contributed by atoms with van der Waals surface area (Å²) in [6.45, 7) is 7.12. The molecule has 0 heterocycles. The van der Waals surface area contributed by atoms with Crippen molar-refractivity contribution < 1.29 is 22.7 Å². The Morgan fingerprint density at radius 3 is 2.17 bits per heavy atom. The topological polar surface area (TPSA) is 96.0 Å². The first-order valence-electron chi connectivity index (χ1n) is 15.6. The minimum Gasteiger partial charge on any atom is -0.492 e. The summed E-state index contributed by atoms with van der Waals surface area (Å²) in [4.78, 5) is 31.1. The maximum Gasteiger partial charge on any atom is 0.264 e. The monoisotopic (exact) mass is 707 g/mol. The molecule has 0 saturated heterocycles. The van der Waals surface area contributed by atoms with Crippen molar-refractivity contribution in [3.05, 3.63) is 119 Å². The lowest BCUT2D eigenvalue weighted by Crippen LogP contribution is -2.56. The molecule has 0 saturated carbocycles. The molecule has 4 rings (SSSR count). The Hall–Kier alpha value is -3.99.